The Morgan fingerprint density at radius 3 is 2.50 bits per heavy atom. The van der Waals surface area contributed by atoms with Gasteiger partial charge in [0.15, 0.2) is 0 Å². The van der Waals surface area contributed by atoms with Crippen molar-refractivity contribution in [1.29, 1.82) is 0 Å². The molecule has 34 heavy (non-hydrogen) atoms. The molecule has 0 saturated heterocycles. The summed E-state index contributed by atoms with van der Waals surface area (Å²) >= 11 is 0. The number of benzene rings is 2. The maximum Gasteiger partial charge on any atom is 0.416 e. The van der Waals surface area contributed by atoms with Crippen LogP contribution in [0.5, 0.6) is 0 Å². The Morgan fingerprint density at radius 1 is 1.06 bits per heavy atom. The van der Waals surface area contributed by atoms with Gasteiger partial charge in [-0.1, -0.05) is 12.0 Å². The molecule has 2 heterocycles. The summed E-state index contributed by atoms with van der Waals surface area (Å²) in [6, 6.07) is 8.36. The predicted octanol–water partition coefficient (Wildman–Crippen LogP) is 4.89. The van der Waals surface area contributed by atoms with Crippen LogP contribution in [0.2, 0.25) is 0 Å². The summed E-state index contributed by atoms with van der Waals surface area (Å²) in [6.07, 6.45) is 1.66. The minimum Gasteiger partial charge on any atom is -0.327 e. The molecule has 0 unspecified atom stereocenters. The number of amides is 1. The lowest BCUT2D eigenvalue weighted by molar-refractivity contribution is -0.137. The van der Waals surface area contributed by atoms with E-state index in [0.717, 1.165) is 23.4 Å². The molecule has 4 rings (SSSR count). The van der Waals surface area contributed by atoms with Crippen molar-refractivity contribution in [2.24, 2.45) is 7.05 Å². The van der Waals surface area contributed by atoms with Gasteiger partial charge in [0.25, 0.3) is 5.91 Å². The van der Waals surface area contributed by atoms with Gasteiger partial charge >= 0.3 is 6.18 Å². The van der Waals surface area contributed by atoms with Gasteiger partial charge in [-0.15, -0.1) is 0 Å². The van der Waals surface area contributed by atoms with Gasteiger partial charge in [-0.3, -0.25) is 4.79 Å². The number of carbonyl (C=O) groups excluding carboxylic acids is 1. The normalized spacial score (nSPS) is 11.1. The molecule has 0 saturated carbocycles. The highest BCUT2D eigenvalue weighted by molar-refractivity contribution is 6.04. The van der Waals surface area contributed by atoms with E-state index in [4.69, 9.17) is 0 Å². The van der Waals surface area contributed by atoms with Crippen LogP contribution in [0.1, 0.15) is 38.4 Å². The molecular weight excluding hydrogens is 443 g/mol. The zero-order chi connectivity index (χ0) is 24.5. The van der Waals surface area contributed by atoms with Crippen LogP contribution in [0.15, 0.2) is 61.4 Å². The Hall–Kier alpha value is -4.32. The van der Waals surface area contributed by atoms with E-state index in [1.54, 1.807) is 48.4 Å². The van der Waals surface area contributed by atoms with Crippen molar-refractivity contribution in [2.75, 3.05) is 5.32 Å². The molecule has 1 N–H and O–H groups in total. The topological polar surface area (TPSA) is 64.7 Å². The van der Waals surface area contributed by atoms with E-state index in [0.29, 0.717) is 16.9 Å². The van der Waals surface area contributed by atoms with Crippen LogP contribution >= 0.6 is 0 Å². The van der Waals surface area contributed by atoms with Gasteiger partial charge in [0.2, 0.25) is 0 Å². The number of carbonyl (C=O) groups is 1. The SMILES string of the molecule is Cc1cn(-c2cc(C(=O)Nc3ccc(C)c(C#Cc4cncn4C)c3)cc(C(F)(F)F)c2)cn1. The predicted molar refractivity (Wildman–Crippen MR) is 122 cm³/mol. The fraction of sp³-hybridized carbons (Fsp3) is 0.160. The second kappa shape index (κ2) is 8.90. The molecule has 0 aliphatic heterocycles. The molecule has 9 heteroatoms. The van der Waals surface area contributed by atoms with Crippen molar-refractivity contribution in [3.8, 4) is 17.5 Å². The van der Waals surface area contributed by atoms with Gasteiger partial charge in [-0.25, -0.2) is 9.97 Å². The molecule has 1 amide bonds. The van der Waals surface area contributed by atoms with E-state index in [2.05, 4.69) is 27.1 Å². The minimum atomic E-state index is -4.61. The smallest absolute Gasteiger partial charge is 0.327 e. The standard InChI is InChI=1S/C25H20F3N5O/c1-16-4-6-21(9-18(16)5-7-22-12-29-14-32(22)3)31-24(34)19-8-20(25(26,27)28)11-23(10-19)33-13-17(2)30-15-33/h4,6,8-15H,1-3H3,(H,31,34). The molecule has 0 spiro atoms. The molecule has 4 aromatic rings. The number of hydrogen-bond donors (Lipinski definition) is 1. The van der Waals surface area contributed by atoms with Crippen LogP contribution in [-0.4, -0.2) is 25.0 Å². The first-order valence-electron chi connectivity index (χ1n) is 10.2. The molecule has 2 aromatic heterocycles. The number of nitrogens with one attached hydrogen (secondary N) is 1. The molecule has 0 radical (unpaired) electrons. The van der Waals surface area contributed by atoms with E-state index in [1.807, 2.05) is 14.0 Å². The summed E-state index contributed by atoms with van der Waals surface area (Å²) in [5.41, 5.74) is 2.49. The van der Waals surface area contributed by atoms with Gasteiger partial charge in [-0.05, 0) is 55.7 Å². The van der Waals surface area contributed by atoms with Crippen molar-refractivity contribution < 1.29 is 18.0 Å². The monoisotopic (exact) mass is 463 g/mol. The number of anilines is 1. The second-order valence-electron chi connectivity index (χ2n) is 7.81. The van der Waals surface area contributed by atoms with Crippen LogP contribution in [0.3, 0.4) is 0 Å². The lowest BCUT2D eigenvalue weighted by atomic mass is 10.1. The Bertz CT molecular complexity index is 1440. The highest BCUT2D eigenvalue weighted by atomic mass is 19.4. The summed E-state index contributed by atoms with van der Waals surface area (Å²) < 4.78 is 43.7. The van der Waals surface area contributed by atoms with Gasteiger partial charge in [0, 0.05) is 35.7 Å². The highest BCUT2D eigenvalue weighted by Gasteiger charge is 2.32. The Balaban J connectivity index is 1.65. The Labute approximate surface area is 194 Å². The third kappa shape index (κ3) is 5.02. The number of halogens is 3. The fourth-order valence-corrected chi connectivity index (χ4v) is 3.26. The summed E-state index contributed by atoms with van der Waals surface area (Å²) in [5.74, 6) is 5.40. The van der Waals surface area contributed by atoms with Crippen molar-refractivity contribution in [3.05, 3.63) is 95.1 Å². The van der Waals surface area contributed by atoms with E-state index in [1.165, 1.54) is 17.0 Å². The largest absolute Gasteiger partial charge is 0.416 e. The average molecular weight is 463 g/mol. The molecular formula is C25H20F3N5O. The van der Waals surface area contributed by atoms with Crippen LogP contribution in [0, 0.1) is 25.7 Å². The first-order valence-corrected chi connectivity index (χ1v) is 10.2. The third-order valence-electron chi connectivity index (χ3n) is 5.15. The number of aryl methyl sites for hydroxylation is 3. The highest BCUT2D eigenvalue weighted by Crippen LogP contribution is 2.32. The molecule has 6 nitrogen and oxygen atoms in total. The molecule has 0 bridgehead atoms. The van der Waals surface area contributed by atoms with Gasteiger partial charge < -0.3 is 14.5 Å². The molecule has 172 valence electrons. The van der Waals surface area contributed by atoms with Crippen LogP contribution in [0.25, 0.3) is 5.69 Å². The summed E-state index contributed by atoms with van der Waals surface area (Å²) in [6.45, 7) is 3.61. The van der Waals surface area contributed by atoms with Crippen LogP contribution < -0.4 is 5.32 Å². The minimum absolute atomic E-state index is 0.126. The second-order valence-corrected chi connectivity index (χ2v) is 7.81. The number of rotatable bonds is 3. The number of imidazole rings is 2. The maximum atomic E-state index is 13.5. The Morgan fingerprint density at radius 2 is 1.85 bits per heavy atom. The Kier molecular flexibility index (Phi) is 5.99. The molecule has 0 aliphatic rings. The third-order valence-corrected chi connectivity index (χ3v) is 5.15. The number of nitrogens with zero attached hydrogens (tertiary/aromatic N) is 4. The lowest BCUT2D eigenvalue weighted by Crippen LogP contribution is -2.15. The molecule has 0 aliphatic carbocycles. The van der Waals surface area contributed by atoms with E-state index in [9.17, 15) is 18.0 Å². The lowest BCUT2D eigenvalue weighted by Gasteiger charge is -2.13. The van der Waals surface area contributed by atoms with Crippen molar-refractivity contribution >= 4 is 11.6 Å². The summed E-state index contributed by atoms with van der Waals surface area (Å²) in [4.78, 5) is 21.0. The molecule has 0 fully saturated rings. The molecule has 0 atom stereocenters. The van der Waals surface area contributed by atoms with Crippen LogP contribution in [-0.2, 0) is 13.2 Å². The van der Waals surface area contributed by atoms with E-state index < -0.39 is 17.6 Å². The van der Waals surface area contributed by atoms with Crippen LogP contribution in [0.4, 0.5) is 18.9 Å². The zero-order valence-corrected chi connectivity index (χ0v) is 18.6. The van der Waals surface area contributed by atoms with Gasteiger partial charge in [-0.2, -0.15) is 13.2 Å². The van der Waals surface area contributed by atoms with Crippen molar-refractivity contribution in [1.82, 2.24) is 19.1 Å². The fourth-order valence-electron chi connectivity index (χ4n) is 3.26. The number of hydrogen-bond acceptors (Lipinski definition) is 3. The van der Waals surface area contributed by atoms with Crippen molar-refractivity contribution in [3.63, 3.8) is 0 Å². The quantitative estimate of drug-likeness (QED) is 0.440. The van der Waals surface area contributed by atoms with E-state index >= 15 is 0 Å². The summed E-state index contributed by atoms with van der Waals surface area (Å²) in [5, 5.41) is 2.68. The first-order chi connectivity index (χ1) is 16.1. The number of alkyl halides is 3. The number of aromatic nitrogens is 4. The molecule has 2 aromatic carbocycles. The van der Waals surface area contributed by atoms with Gasteiger partial charge in [0.1, 0.15) is 5.69 Å². The van der Waals surface area contributed by atoms with E-state index in [-0.39, 0.29) is 11.3 Å². The van der Waals surface area contributed by atoms with Gasteiger partial charge in [0.05, 0.1) is 30.1 Å². The first kappa shape index (κ1) is 22.9. The summed E-state index contributed by atoms with van der Waals surface area (Å²) in [7, 11) is 1.83. The average Bonchev–Trinajstić information content (AvgIpc) is 3.41. The van der Waals surface area contributed by atoms with Crippen molar-refractivity contribution in [2.45, 2.75) is 20.0 Å². The zero-order valence-electron chi connectivity index (χ0n) is 18.6. The maximum absolute atomic E-state index is 13.5.